The molecule has 0 bridgehead atoms. The van der Waals surface area contributed by atoms with Gasteiger partial charge >= 0.3 is 0 Å². The maximum Gasteiger partial charge on any atom is 0.150 e. The van der Waals surface area contributed by atoms with Gasteiger partial charge in [-0.15, -0.1) is 0 Å². The molecule has 0 saturated carbocycles. The first-order valence-corrected chi connectivity index (χ1v) is 5.99. The lowest BCUT2D eigenvalue weighted by atomic mass is 10.2. The maximum absolute atomic E-state index is 10.0. The summed E-state index contributed by atoms with van der Waals surface area (Å²) in [5, 5.41) is 5.87. The number of aldehydes is 1. The Balaban J connectivity index is 0.000000200. The molecular formula is C16H18N2O. The second-order valence-electron chi connectivity index (χ2n) is 4.03. The number of hydrazone groups is 1. The zero-order valence-electron chi connectivity index (χ0n) is 11.2. The molecule has 0 amide bonds. The van der Waals surface area contributed by atoms with E-state index in [-0.39, 0.29) is 0 Å². The molecule has 0 fully saturated rings. The Bertz CT molecular complexity index is 493. The molecule has 0 unspecified atom stereocenters. The minimum Gasteiger partial charge on any atom is -0.303 e. The molecule has 3 nitrogen and oxygen atoms in total. The van der Waals surface area contributed by atoms with Crippen molar-refractivity contribution in [1.29, 1.82) is 0 Å². The Morgan fingerprint density at radius 2 is 1.32 bits per heavy atom. The Morgan fingerprint density at radius 1 is 0.842 bits per heavy atom. The topological polar surface area (TPSA) is 32.7 Å². The number of nitrogens with zero attached hydrogens (tertiary/aromatic N) is 2. The van der Waals surface area contributed by atoms with E-state index in [9.17, 15) is 4.79 Å². The normalized spacial score (nSPS) is 9.58. The molecule has 0 atom stereocenters. The lowest BCUT2D eigenvalue weighted by Crippen LogP contribution is -2.01. The van der Waals surface area contributed by atoms with E-state index in [1.54, 1.807) is 17.1 Å². The van der Waals surface area contributed by atoms with Crippen LogP contribution < -0.4 is 0 Å². The summed E-state index contributed by atoms with van der Waals surface area (Å²) in [7, 11) is 3.80. The summed E-state index contributed by atoms with van der Waals surface area (Å²) in [4.78, 5) is 10.0. The van der Waals surface area contributed by atoms with Crippen molar-refractivity contribution in [2.24, 2.45) is 5.10 Å². The van der Waals surface area contributed by atoms with Crippen LogP contribution in [0.4, 0.5) is 0 Å². The van der Waals surface area contributed by atoms with Gasteiger partial charge in [0.1, 0.15) is 6.29 Å². The van der Waals surface area contributed by atoms with E-state index in [2.05, 4.69) is 5.10 Å². The first kappa shape index (κ1) is 14.6. The van der Waals surface area contributed by atoms with Crippen molar-refractivity contribution in [3.05, 3.63) is 71.8 Å². The molecule has 0 radical (unpaired) electrons. The molecule has 0 aliphatic heterocycles. The Kier molecular flexibility index (Phi) is 6.66. The van der Waals surface area contributed by atoms with Crippen LogP contribution in [0.2, 0.25) is 0 Å². The fraction of sp³-hybridized carbons (Fsp3) is 0.125. The van der Waals surface area contributed by atoms with E-state index in [0.717, 1.165) is 17.4 Å². The molecule has 2 aromatic carbocycles. The van der Waals surface area contributed by atoms with Crippen LogP contribution >= 0.6 is 0 Å². The number of benzene rings is 2. The standard InChI is InChI=1S/C9H12N2.C7H6O/c1-11(2)10-8-9-6-4-3-5-7-9;8-6-7-4-2-1-3-5-7/h3-8H,1-2H3;1-6H/b10-8+;. The molecule has 0 aliphatic rings. The summed E-state index contributed by atoms with van der Waals surface area (Å²) in [6, 6.07) is 19.1. The lowest BCUT2D eigenvalue weighted by Gasteiger charge is -2.01. The number of rotatable bonds is 3. The highest BCUT2D eigenvalue weighted by Crippen LogP contribution is 1.94. The van der Waals surface area contributed by atoms with Gasteiger partial charge in [-0.3, -0.25) is 4.79 Å². The third kappa shape index (κ3) is 6.78. The molecule has 0 heterocycles. The van der Waals surface area contributed by atoms with Crippen molar-refractivity contribution in [2.45, 2.75) is 0 Å². The molecule has 0 N–H and O–H groups in total. The lowest BCUT2D eigenvalue weighted by molar-refractivity contribution is 0.112. The Morgan fingerprint density at radius 3 is 1.68 bits per heavy atom. The van der Waals surface area contributed by atoms with Crippen molar-refractivity contribution in [1.82, 2.24) is 5.01 Å². The fourth-order valence-corrected chi connectivity index (χ4v) is 1.25. The van der Waals surface area contributed by atoms with Crippen LogP contribution in [0.15, 0.2) is 65.8 Å². The number of hydrogen-bond donors (Lipinski definition) is 0. The predicted molar refractivity (Wildman–Crippen MR) is 79.6 cm³/mol. The molecule has 2 rings (SSSR count). The summed E-state index contributed by atoms with van der Waals surface area (Å²) >= 11 is 0. The molecule has 19 heavy (non-hydrogen) atoms. The molecule has 0 spiro atoms. The van der Waals surface area contributed by atoms with Crippen molar-refractivity contribution >= 4 is 12.5 Å². The average Bonchev–Trinajstić information content (AvgIpc) is 2.48. The van der Waals surface area contributed by atoms with Gasteiger partial charge in [0.15, 0.2) is 0 Å². The number of carbonyl (C=O) groups excluding carboxylic acids is 1. The molecule has 0 aromatic heterocycles. The van der Waals surface area contributed by atoms with Crippen LogP contribution in [0.1, 0.15) is 15.9 Å². The smallest absolute Gasteiger partial charge is 0.150 e. The third-order valence-corrected chi connectivity index (χ3v) is 2.17. The second-order valence-corrected chi connectivity index (χ2v) is 4.03. The zero-order chi connectivity index (χ0) is 13.9. The quantitative estimate of drug-likeness (QED) is 0.479. The molecule has 0 saturated heterocycles. The van der Waals surface area contributed by atoms with Gasteiger partial charge in [0.05, 0.1) is 6.21 Å². The van der Waals surface area contributed by atoms with Gasteiger partial charge in [-0.1, -0.05) is 60.7 Å². The summed E-state index contributed by atoms with van der Waals surface area (Å²) < 4.78 is 0. The van der Waals surface area contributed by atoms with Crippen LogP contribution in [-0.2, 0) is 0 Å². The minimum absolute atomic E-state index is 0.729. The van der Waals surface area contributed by atoms with Gasteiger partial charge in [-0.05, 0) is 5.56 Å². The Hall–Kier alpha value is -2.42. The Labute approximate surface area is 114 Å². The van der Waals surface area contributed by atoms with E-state index >= 15 is 0 Å². The van der Waals surface area contributed by atoms with Gasteiger partial charge in [0.2, 0.25) is 0 Å². The van der Waals surface area contributed by atoms with E-state index in [1.807, 2.05) is 68.8 Å². The van der Waals surface area contributed by atoms with Crippen molar-refractivity contribution < 1.29 is 4.79 Å². The van der Waals surface area contributed by atoms with E-state index in [0.29, 0.717) is 0 Å². The molecule has 0 aliphatic carbocycles. The predicted octanol–water partition coefficient (Wildman–Crippen LogP) is 3.08. The van der Waals surface area contributed by atoms with Crippen molar-refractivity contribution in [3.8, 4) is 0 Å². The second kappa shape index (κ2) is 8.64. The van der Waals surface area contributed by atoms with Crippen LogP contribution in [0.5, 0.6) is 0 Å². The summed E-state index contributed by atoms with van der Waals surface area (Å²) in [5.74, 6) is 0. The highest BCUT2D eigenvalue weighted by atomic mass is 16.1. The highest BCUT2D eigenvalue weighted by Gasteiger charge is 1.82. The van der Waals surface area contributed by atoms with Gasteiger partial charge in [-0.25, -0.2) is 0 Å². The van der Waals surface area contributed by atoms with Crippen molar-refractivity contribution in [3.63, 3.8) is 0 Å². The van der Waals surface area contributed by atoms with Crippen LogP contribution in [0.25, 0.3) is 0 Å². The zero-order valence-corrected chi connectivity index (χ0v) is 11.2. The summed E-state index contributed by atoms with van der Waals surface area (Å²) in [6.45, 7) is 0. The first-order valence-electron chi connectivity index (χ1n) is 5.99. The van der Waals surface area contributed by atoms with Crippen LogP contribution in [0.3, 0.4) is 0 Å². The molecule has 2 aromatic rings. The van der Waals surface area contributed by atoms with E-state index in [1.165, 1.54) is 0 Å². The van der Waals surface area contributed by atoms with Gasteiger partial charge in [-0.2, -0.15) is 5.10 Å². The monoisotopic (exact) mass is 254 g/mol. The first-order chi connectivity index (χ1) is 9.22. The number of hydrogen-bond acceptors (Lipinski definition) is 3. The fourth-order valence-electron chi connectivity index (χ4n) is 1.25. The van der Waals surface area contributed by atoms with Crippen LogP contribution in [0, 0.1) is 0 Å². The van der Waals surface area contributed by atoms with Gasteiger partial charge in [0, 0.05) is 19.7 Å². The third-order valence-electron chi connectivity index (χ3n) is 2.17. The maximum atomic E-state index is 10.0. The van der Waals surface area contributed by atoms with Crippen molar-refractivity contribution in [2.75, 3.05) is 14.1 Å². The van der Waals surface area contributed by atoms with E-state index in [4.69, 9.17) is 0 Å². The summed E-state index contributed by atoms with van der Waals surface area (Å²) in [6.07, 6.45) is 2.67. The molecular weight excluding hydrogens is 236 g/mol. The van der Waals surface area contributed by atoms with E-state index < -0.39 is 0 Å². The molecule has 3 heteroatoms. The minimum atomic E-state index is 0.729. The average molecular weight is 254 g/mol. The SMILES string of the molecule is CN(C)/N=C/c1ccccc1.O=Cc1ccccc1. The molecule has 98 valence electrons. The largest absolute Gasteiger partial charge is 0.303 e. The summed E-state index contributed by atoms with van der Waals surface area (Å²) in [5.41, 5.74) is 1.86. The van der Waals surface area contributed by atoms with Gasteiger partial charge in [0.25, 0.3) is 0 Å². The van der Waals surface area contributed by atoms with Crippen LogP contribution in [-0.4, -0.2) is 31.6 Å². The van der Waals surface area contributed by atoms with Gasteiger partial charge < -0.3 is 5.01 Å². The highest BCUT2D eigenvalue weighted by molar-refractivity contribution is 5.79. The number of carbonyl (C=O) groups is 1.